The van der Waals surface area contributed by atoms with Gasteiger partial charge in [0.25, 0.3) is 0 Å². The zero-order valence-electron chi connectivity index (χ0n) is 12.3. The lowest BCUT2D eigenvalue weighted by atomic mass is 10.2. The minimum Gasteiger partial charge on any atom is -0.480 e. The predicted molar refractivity (Wildman–Crippen MR) is 80.2 cm³/mol. The highest BCUT2D eigenvalue weighted by Crippen LogP contribution is 2.02. The normalized spacial score (nSPS) is 11.9. The lowest BCUT2D eigenvalue weighted by Crippen LogP contribution is -2.40. The summed E-state index contributed by atoms with van der Waals surface area (Å²) in [6.45, 7) is 1.51. The topological polar surface area (TPSA) is 92.7 Å². The van der Waals surface area contributed by atoms with Gasteiger partial charge in [-0.05, 0) is 18.9 Å². The fourth-order valence-corrected chi connectivity index (χ4v) is 1.61. The molecule has 1 aromatic carbocycles. The van der Waals surface area contributed by atoms with Gasteiger partial charge >= 0.3 is 12.1 Å². The number of hydrogen-bond donors (Lipinski definition) is 2. The molecule has 0 bridgehead atoms. The van der Waals surface area contributed by atoms with Gasteiger partial charge < -0.3 is 15.2 Å². The summed E-state index contributed by atoms with van der Waals surface area (Å²) in [6, 6.07) is 7.98. The molecule has 1 rings (SSSR count). The third kappa shape index (κ3) is 7.23. The van der Waals surface area contributed by atoms with Gasteiger partial charge in [0, 0.05) is 6.42 Å². The van der Waals surface area contributed by atoms with Gasteiger partial charge in [-0.3, -0.25) is 4.79 Å². The molecule has 1 atom stereocenters. The molecular weight excluding hydrogens is 286 g/mol. The second-order valence-corrected chi connectivity index (χ2v) is 4.71. The van der Waals surface area contributed by atoms with E-state index in [1.807, 2.05) is 18.2 Å². The van der Waals surface area contributed by atoms with E-state index in [9.17, 15) is 14.4 Å². The van der Waals surface area contributed by atoms with E-state index in [0.29, 0.717) is 0 Å². The van der Waals surface area contributed by atoms with Crippen molar-refractivity contribution in [2.45, 2.75) is 32.4 Å². The van der Waals surface area contributed by atoms with Gasteiger partial charge in [0.2, 0.25) is 0 Å². The predicted octanol–water partition coefficient (Wildman–Crippen LogP) is 2.29. The number of rotatable bonds is 8. The lowest BCUT2D eigenvalue weighted by molar-refractivity contribution is -0.139. The Morgan fingerprint density at radius 2 is 1.91 bits per heavy atom. The van der Waals surface area contributed by atoms with E-state index in [2.05, 4.69) is 5.32 Å². The number of carboxylic acids is 1. The van der Waals surface area contributed by atoms with Crippen LogP contribution in [0.15, 0.2) is 42.5 Å². The number of carbonyl (C=O) groups excluding carboxylic acids is 2. The summed E-state index contributed by atoms with van der Waals surface area (Å²) in [5, 5.41) is 11.3. The number of hydrogen-bond acceptors (Lipinski definition) is 4. The van der Waals surface area contributed by atoms with Crippen LogP contribution in [0.4, 0.5) is 4.79 Å². The van der Waals surface area contributed by atoms with Crippen LogP contribution in [0, 0.1) is 0 Å². The van der Waals surface area contributed by atoms with Crippen LogP contribution < -0.4 is 5.32 Å². The highest BCUT2D eigenvalue weighted by atomic mass is 16.5. The number of alkyl carbamates (subject to hydrolysis) is 1. The van der Waals surface area contributed by atoms with Crippen molar-refractivity contribution in [1.82, 2.24) is 5.32 Å². The maximum atomic E-state index is 11.6. The van der Waals surface area contributed by atoms with Crippen LogP contribution >= 0.6 is 0 Å². The maximum absolute atomic E-state index is 11.6. The second-order valence-electron chi connectivity index (χ2n) is 4.71. The van der Waals surface area contributed by atoms with E-state index in [1.54, 1.807) is 24.3 Å². The van der Waals surface area contributed by atoms with Gasteiger partial charge in [-0.1, -0.05) is 42.5 Å². The molecule has 1 aromatic rings. The molecule has 2 N–H and O–H groups in total. The molecule has 6 nitrogen and oxygen atoms in total. The molecule has 22 heavy (non-hydrogen) atoms. The first-order chi connectivity index (χ1) is 10.5. The summed E-state index contributed by atoms with van der Waals surface area (Å²) in [5.74, 6) is -1.18. The summed E-state index contributed by atoms with van der Waals surface area (Å²) < 4.78 is 4.96. The molecule has 0 heterocycles. The van der Waals surface area contributed by atoms with Gasteiger partial charge in [0.1, 0.15) is 18.4 Å². The number of carbonyl (C=O) groups is 3. The van der Waals surface area contributed by atoms with Gasteiger partial charge in [-0.2, -0.15) is 0 Å². The Kier molecular flexibility index (Phi) is 7.39. The molecule has 0 fully saturated rings. The molecule has 0 aliphatic heterocycles. The van der Waals surface area contributed by atoms with Crippen molar-refractivity contribution in [3.05, 3.63) is 48.0 Å². The van der Waals surface area contributed by atoms with Crippen molar-refractivity contribution >= 4 is 17.8 Å². The van der Waals surface area contributed by atoms with Gasteiger partial charge in [0.05, 0.1) is 0 Å². The minimum atomic E-state index is -1.16. The number of nitrogens with one attached hydrogen (secondary N) is 1. The number of carboxylic acid groups (broad SMARTS) is 1. The second kappa shape index (κ2) is 9.33. The smallest absolute Gasteiger partial charge is 0.408 e. The molecule has 0 aromatic heterocycles. The molecule has 0 saturated carbocycles. The standard InChI is InChI=1S/C16H19NO5/c1-12(18)7-5-6-10-14(15(19)20)17-16(21)22-11-13-8-3-2-4-9-13/h2-6,8-9,14H,7,10-11H2,1H3,(H,17,21)(H,19,20)/b6-5-/t14-/m0/s1. The lowest BCUT2D eigenvalue weighted by Gasteiger charge is -2.12. The summed E-state index contributed by atoms with van der Waals surface area (Å²) in [7, 11) is 0. The number of aliphatic carboxylic acids is 1. The third-order valence-electron chi connectivity index (χ3n) is 2.75. The fraction of sp³-hybridized carbons (Fsp3) is 0.312. The molecule has 0 unspecified atom stereocenters. The summed E-state index contributed by atoms with van der Waals surface area (Å²) in [6.07, 6.45) is 2.66. The Morgan fingerprint density at radius 3 is 2.50 bits per heavy atom. The van der Waals surface area contributed by atoms with E-state index in [0.717, 1.165) is 5.56 Å². The molecule has 0 radical (unpaired) electrons. The van der Waals surface area contributed by atoms with Crippen molar-refractivity contribution in [3.8, 4) is 0 Å². The number of benzene rings is 1. The van der Waals surface area contributed by atoms with Crippen LogP contribution in [-0.2, 0) is 20.9 Å². The minimum absolute atomic E-state index is 0.0154. The summed E-state index contributed by atoms with van der Waals surface area (Å²) >= 11 is 0. The Balaban J connectivity index is 2.41. The van der Waals surface area contributed by atoms with E-state index < -0.39 is 18.1 Å². The number of ether oxygens (including phenoxy) is 1. The van der Waals surface area contributed by atoms with Crippen LogP contribution in [0.3, 0.4) is 0 Å². The third-order valence-corrected chi connectivity index (χ3v) is 2.75. The zero-order valence-corrected chi connectivity index (χ0v) is 12.3. The van der Waals surface area contributed by atoms with Crippen molar-refractivity contribution in [2.75, 3.05) is 0 Å². The Labute approximate surface area is 128 Å². The quantitative estimate of drug-likeness (QED) is 0.719. The van der Waals surface area contributed by atoms with Gasteiger partial charge in [-0.15, -0.1) is 0 Å². The Morgan fingerprint density at radius 1 is 1.23 bits per heavy atom. The summed E-state index contributed by atoms with van der Waals surface area (Å²) in [4.78, 5) is 33.4. The fourth-order valence-electron chi connectivity index (χ4n) is 1.61. The van der Waals surface area contributed by atoms with Crippen molar-refractivity contribution in [1.29, 1.82) is 0 Å². The SMILES string of the molecule is CC(=O)C/C=C\C[C@H](NC(=O)OCc1ccccc1)C(=O)O. The Bertz CT molecular complexity index is 539. The number of amides is 1. The molecule has 0 aliphatic carbocycles. The van der Waals surface area contributed by atoms with Gasteiger partial charge in [-0.25, -0.2) is 9.59 Å². The molecule has 118 valence electrons. The van der Waals surface area contributed by atoms with Crippen molar-refractivity contribution in [2.24, 2.45) is 0 Å². The van der Waals surface area contributed by atoms with Crippen LogP contribution in [0.1, 0.15) is 25.3 Å². The average molecular weight is 305 g/mol. The summed E-state index contributed by atoms with van der Waals surface area (Å²) in [5.41, 5.74) is 0.811. The van der Waals surface area contributed by atoms with E-state index >= 15 is 0 Å². The number of allylic oxidation sites excluding steroid dienone is 1. The van der Waals surface area contributed by atoms with E-state index in [1.165, 1.54) is 6.92 Å². The zero-order chi connectivity index (χ0) is 16.4. The molecule has 6 heteroatoms. The van der Waals surface area contributed by atoms with Crippen molar-refractivity contribution in [3.63, 3.8) is 0 Å². The highest BCUT2D eigenvalue weighted by Gasteiger charge is 2.19. The van der Waals surface area contributed by atoms with Crippen LogP contribution in [-0.4, -0.2) is 29.0 Å². The van der Waals surface area contributed by atoms with Gasteiger partial charge in [0.15, 0.2) is 0 Å². The van der Waals surface area contributed by atoms with Crippen LogP contribution in [0.25, 0.3) is 0 Å². The molecular formula is C16H19NO5. The first-order valence-electron chi connectivity index (χ1n) is 6.83. The largest absolute Gasteiger partial charge is 0.480 e. The molecule has 0 spiro atoms. The van der Waals surface area contributed by atoms with Crippen molar-refractivity contribution < 1.29 is 24.2 Å². The molecule has 0 aliphatic rings. The maximum Gasteiger partial charge on any atom is 0.408 e. The number of ketones is 1. The Hall–Kier alpha value is -2.63. The van der Waals surface area contributed by atoms with E-state index in [4.69, 9.17) is 9.84 Å². The van der Waals surface area contributed by atoms with E-state index in [-0.39, 0.29) is 25.2 Å². The number of Topliss-reactive ketones (excluding diaryl/α,β-unsaturated/α-hetero) is 1. The molecule has 1 amide bonds. The monoisotopic (exact) mass is 305 g/mol. The molecule has 0 saturated heterocycles. The average Bonchev–Trinajstić information content (AvgIpc) is 2.48. The highest BCUT2D eigenvalue weighted by molar-refractivity contribution is 5.80. The van der Waals surface area contributed by atoms with Crippen LogP contribution in [0.5, 0.6) is 0 Å². The first kappa shape index (κ1) is 17.4. The first-order valence-corrected chi connectivity index (χ1v) is 6.83. The van der Waals surface area contributed by atoms with Crippen LogP contribution in [0.2, 0.25) is 0 Å².